The van der Waals surface area contributed by atoms with Crippen LogP contribution in [0.2, 0.25) is 0 Å². The largest absolute Gasteiger partial charge is 0.354 e. The fourth-order valence-electron chi connectivity index (χ4n) is 2.33. The lowest BCUT2D eigenvalue weighted by molar-refractivity contribution is -0.125. The lowest BCUT2D eigenvalue weighted by Crippen LogP contribution is -2.40. The Kier molecular flexibility index (Phi) is 3.79. The Hall–Kier alpha value is -1.35. The van der Waals surface area contributed by atoms with Crippen molar-refractivity contribution in [2.75, 3.05) is 6.54 Å². The highest BCUT2D eigenvalue weighted by Crippen LogP contribution is 2.25. The number of rotatable bonds is 3. The van der Waals surface area contributed by atoms with E-state index in [1.54, 1.807) is 0 Å². The third-order valence-electron chi connectivity index (χ3n) is 3.32. The number of nitrogens with one attached hydrogen (secondary N) is 1. The third-order valence-corrected chi connectivity index (χ3v) is 3.32. The number of amides is 1. The van der Waals surface area contributed by atoms with Crippen LogP contribution < -0.4 is 11.1 Å². The summed E-state index contributed by atoms with van der Waals surface area (Å²) < 4.78 is 0. The SMILES string of the molecule is CC(N)CNC(=O)C1CCc2ccccc2C1. The number of fused-ring (bicyclic) bond motifs is 1. The molecule has 2 rings (SSSR count). The molecule has 2 unspecified atom stereocenters. The van der Waals surface area contributed by atoms with Gasteiger partial charge in [0.15, 0.2) is 0 Å². The predicted molar refractivity (Wildman–Crippen MR) is 68.6 cm³/mol. The van der Waals surface area contributed by atoms with E-state index in [0.717, 1.165) is 19.3 Å². The lowest BCUT2D eigenvalue weighted by Gasteiger charge is -2.24. The molecule has 2 atom stereocenters. The van der Waals surface area contributed by atoms with Gasteiger partial charge in [-0.15, -0.1) is 0 Å². The molecule has 0 heterocycles. The Balaban J connectivity index is 1.95. The molecule has 3 nitrogen and oxygen atoms in total. The number of hydrogen-bond donors (Lipinski definition) is 2. The van der Waals surface area contributed by atoms with Gasteiger partial charge in [-0.2, -0.15) is 0 Å². The van der Waals surface area contributed by atoms with Gasteiger partial charge in [0.25, 0.3) is 0 Å². The van der Waals surface area contributed by atoms with E-state index in [2.05, 4.69) is 23.5 Å². The lowest BCUT2D eigenvalue weighted by atomic mass is 9.83. The smallest absolute Gasteiger partial charge is 0.223 e. The number of carbonyl (C=O) groups is 1. The topological polar surface area (TPSA) is 55.1 Å². The van der Waals surface area contributed by atoms with Gasteiger partial charge >= 0.3 is 0 Å². The molecule has 1 aliphatic carbocycles. The van der Waals surface area contributed by atoms with Gasteiger partial charge < -0.3 is 11.1 Å². The maximum absolute atomic E-state index is 11.9. The van der Waals surface area contributed by atoms with Crippen LogP contribution in [0.5, 0.6) is 0 Å². The van der Waals surface area contributed by atoms with Gasteiger partial charge in [0.05, 0.1) is 0 Å². The molecule has 0 saturated heterocycles. The van der Waals surface area contributed by atoms with E-state index in [-0.39, 0.29) is 17.9 Å². The average Bonchev–Trinajstić information content (AvgIpc) is 2.35. The molecule has 92 valence electrons. The molecule has 1 aliphatic rings. The number of carbonyl (C=O) groups excluding carboxylic acids is 1. The number of hydrogen-bond acceptors (Lipinski definition) is 2. The van der Waals surface area contributed by atoms with Gasteiger partial charge in [-0.3, -0.25) is 4.79 Å². The molecule has 0 fully saturated rings. The summed E-state index contributed by atoms with van der Waals surface area (Å²) in [5.41, 5.74) is 8.34. The van der Waals surface area contributed by atoms with Gasteiger partial charge in [-0.05, 0) is 37.3 Å². The molecular formula is C14H20N2O. The van der Waals surface area contributed by atoms with Crippen molar-refractivity contribution in [1.29, 1.82) is 0 Å². The molecule has 3 heteroatoms. The monoisotopic (exact) mass is 232 g/mol. The van der Waals surface area contributed by atoms with Gasteiger partial charge in [0, 0.05) is 18.5 Å². The second kappa shape index (κ2) is 5.32. The zero-order chi connectivity index (χ0) is 12.3. The summed E-state index contributed by atoms with van der Waals surface area (Å²) in [6, 6.07) is 8.41. The molecule has 0 aromatic heterocycles. The molecule has 3 N–H and O–H groups in total. The molecule has 1 aromatic rings. The van der Waals surface area contributed by atoms with Crippen LogP contribution in [-0.4, -0.2) is 18.5 Å². The van der Waals surface area contributed by atoms with Crippen LogP contribution in [0.3, 0.4) is 0 Å². The second-order valence-corrected chi connectivity index (χ2v) is 4.93. The molecule has 0 radical (unpaired) electrons. The molecule has 0 spiro atoms. The Bertz CT molecular complexity index is 401. The normalized spacial score (nSPS) is 20.5. The van der Waals surface area contributed by atoms with E-state index in [9.17, 15) is 4.79 Å². The first-order valence-electron chi connectivity index (χ1n) is 6.27. The van der Waals surface area contributed by atoms with Crippen molar-refractivity contribution in [2.24, 2.45) is 11.7 Å². The van der Waals surface area contributed by atoms with Crippen molar-refractivity contribution in [1.82, 2.24) is 5.32 Å². The van der Waals surface area contributed by atoms with Gasteiger partial charge in [-0.1, -0.05) is 24.3 Å². The fourth-order valence-corrected chi connectivity index (χ4v) is 2.33. The van der Waals surface area contributed by atoms with E-state index in [4.69, 9.17) is 5.73 Å². The summed E-state index contributed by atoms with van der Waals surface area (Å²) in [5.74, 6) is 0.264. The van der Waals surface area contributed by atoms with Crippen LogP contribution in [0, 0.1) is 5.92 Å². The molecule has 1 amide bonds. The Morgan fingerprint density at radius 1 is 1.47 bits per heavy atom. The minimum absolute atomic E-state index is 0.0230. The zero-order valence-corrected chi connectivity index (χ0v) is 10.3. The van der Waals surface area contributed by atoms with E-state index in [1.165, 1.54) is 11.1 Å². The Morgan fingerprint density at radius 2 is 2.18 bits per heavy atom. The molecule has 0 aliphatic heterocycles. The van der Waals surface area contributed by atoms with Crippen molar-refractivity contribution < 1.29 is 4.79 Å². The molecule has 0 saturated carbocycles. The molecule has 0 bridgehead atoms. The second-order valence-electron chi connectivity index (χ2n) is 4.93. The van der Waals surface area contributed by atoms with Gasteiger partial charge in [0.1, 0.15) is 0 Å². The first-order valence-corrected chi connectivity index (χ1v) is 6.27. The Labute approximate surface area is 102 Å². The maximum atomic E-state index is 11.9. The van der Waals surface area contributed by atoms with Crippen LogP contribution in [-0.2, 0) is 17.6 Å². The average molecular weight is 232 g/mol. The predicted octanol–water partition coefficient (Wildman–Crippen LogP) is 1.25. The van der Waals surface area contributed by atoms with Crippen LogP contribution >= 0.6 is 0 Å². The van der Waals surface area contributed by atoms with Crippen molar-refractivity contribution in [3.05, 3.63) is 35.4 Å². The van der Waals surface area contributed by atoms with Crippen LogP contribution in [0.1, 0.15) is 24.5 Å². The molecule has 17 heavy (non-hydrogen) atoms. The van der Waals surface area contributed by atoms with E-state index < -0.39 is 0 Å². The highest BCUT2D eigenvalue weighted by atomic mass is 16.1. The van der Waals surface area contributed by atoms with Crippen LogP contribution in [0.25, 0.3) is 0 Å². The quantitative estimate of drug-likeness (QED) is 0.824. The summed E-state index contributed by atoms with van der Waals surface area (Å²) in [7, 11) is 0. The van der Waals surface area contributed by atoms with E-state index in [0.29, 0.717) is 6.54 Å². The number of nitrogens with two attached hydrogens (primary N) is 1. The van der Waals surface area contributed by atoms with E-state index >= 15 is 0 Å². The summed E-state index contributed by atoms with van der Waals surface area (Å²) in [5, 5.41) is 2.92. The summed E-state index contributed by atoms with van der Waals surface area (Å²) in [6.07, 6.45) is 2.81. The van der Waals surface area contributed by atoms with Crippen LogP contribution in [0.4, 0.5) is 0 Å². The minimum atomic E-state index is 0.0230. The van der Waals surface area contributed by atoms with Crippen molar-refractivity contribution >= 4 is 5.91 Å². The van der Waals surface area contributed by atoms with Crippen molar-refractivity contribution in [3.8, 4) is 0 Å². The first-order chi connectivity index (χ1) is 8.16. The summed E-state index contributed by atoms with van der Waals surface area (Å²) in [4.78, 5) is 11.9. The standard InChI is InChI=1S/C14H20N2O/c1-10(15)9-16-14(17)13-7-6-11-4-2-3-5-12(11)8-13/h2-5,10,13H,6-9,15H2,1H3,(H,16,17). The minimum Gasteiger partial charge on any atom is -0.354 e. The van der Waals surface area contributed by atoms with E-state index in [1.807, 2.05) is 13.0 Å². The summed E-state index contributed by atoms with van der Waals surface area (Å²) >= 11 is 0. The highest BCUT2D eigenvalue weighted by molar-refractivity contribution is 5.79. The van der Waals surface area contributed by atoms with Crippen molar-refractivity contribution in [2.45, 2.75) is 32.2 Å². The number of aryl methyl sites for hydroxylation is 1. The van der Waals surface area contributed by atoms with Gasteiger partial charge in [-0.25, -0.2) is 0 Å². The maximum Gasteiger partial charge on any atom is 0.223 e. The highest BCUT2D eigenvalue weighted by Gasteiger charge is 2.24. The van der Waals surface area contributed by atoms with Gasteiger partial charge in [0.2, 0.25) is 5.91 Å². The molecular weight excluding hydrogens is 212 g/mol. The number of benzene rings is 1. The third kappa shape index (κ3) is 3.07. The van der Waals surface area contributed by atoms with Crippen molar-refractivity contribution in [3.63, 3.8) is 0 Å². The van der Waals surface area contributed by atoms with Crippen LogP contribution in [0.15, 0.2) is 24.3 Å². The summed E-state index contributed by atoms with van der Waals surface area (Å²) in [6.45, 7) is 2.47. The zero-order valence-electron chi connectivity index (χ0n) is 10.3. The Morgan fingerprint density at radius 3 is 2.88 bits per heavy atom. The first kappa shape index (κ1) is 12.1. The fraction of sp³-hybridized carbons (Fsp3) is 0.500. The molecule has 1 aromatic carbocycles.